The van der Waals surface area contributed by atoms with Crippen molar-refractivity contribution >= 4 is 5.91 Å². The van der Waals surface area contributed by atoms with Crippen molar-refractivity contribution in [1.82, 2.24) is 15.5 Å². The Hall–Kier alpha value is -1.36. The smallest absolute Gasteiger partial charge is 0.224 e. The summed E-state index contributed by atoms with van der Waals surface area (Å²) in [5.74, 6) is 0.0131. The molecule has 1 aliphatic carbocycles. The molecule has 0 unspecified atom stereocenters. The number of amides is 1. The van der Waals surface area contributed by atoms with Crippen LogP contribution in [-0.4, -0.2) is 33.9 Å². The predicted molar refractivity (Wildman–Crippen MR) is 72.7 cm³/mol. The molecule has 1 heterocycles. The summed E-state index contributed by atoms with van der Waals surface area (Å²) in [7, 11) is 0. The van der Waals surface area contributed by atoms with Gasteiger partial charge in [0.1, 0.15) is 0 Å². The van der Waals surface area contributed by atoms with Gasteiger partial charge in [-0.3, -0.25) is 9.89 Å². The van der Waals surface area contributed by atoms with Crippen LogP contribution in [0.1, 0.15) is 43.1 Å². The zero-order chi connectivity index (χ0) is 14.0. The lowest BCUT2D eigenvalue weighted by Gasteiger charge is -2.30. The first-order chi connectivity index (χ1) is 8.96. The highest BCUT2D eigenvalue weighted by atomic mass is 16.3. The van der Waals surface area contributed by atoms with Gasteiger partial charge in [0.25, 0.3) is 0 Å². The van der Waals surface area contributed by atoms with Crippen LogP contribution < -0.4 is 5.32 Å². The molecule has 0 spiro atoms. The number of aliphatic hydroxyl groups is 1. The third-order valence-corrected chi connectivity index (χ3v) is 4.40. The molecule has 3 N–H and O–H groups in total. The third kappa shape index (κ3) is 2.81. The zero-order valence-electron chi connectivity index (χ0n) is 11.9. The quantitative estimate of drug-likeness (QED) is 0.766. The minimum absolute atomic E-state index is 0.0131. The highest BCUT2D eigenvalue weighted by Crippen LogP contribution is 2.37. The van der Waals surface area contributed by atoms with E-state index in [2.05, 4.69) is 15.5 Å². The second-order valence-corrected chi connectivity index (χ2v) is 5.91. The Morgan fingerprint density at radius 2 is 2.32 bits per heavy atom. The molecule has 0 radical (unpaired) electrons. The maximum atomic E-state index is 12.1. The first-order valence-corrected chi connectivity index (χ1v) is 6.87. The lowest BCUT2D eigenvalue weighted by atomic mass is 9.85. The summed E-state index contributed by atoms with van der Waals surface area (Å²) < 4.78 is 0. The van der Waals surface area contributed by atoms with Gasteiger partial charge < -0.3 is 10.4 Å². The van der Waals surface area contributed by atoms with E-state index >= 15 is 0 Å². The maximum absolute atomic E-state index is 12.1. The second kappa shape index (κ2) is 5.33. The Morgan fingerprint density at radius 1 is 1.58 bits per heavy atom. The van der Waals surface area contributed by atoms with Crippen LogP contribution in [0.2, 0.25) is 0 Å². The van der Waals surface area contributed by atoms with Crippen LogP contribution in [0.5, 0.6) is 0 Å². The van der Waals surface area contributed by atoms with Gasteiger partial charge in [-0.1, -0.05) is 13.3 Å². The van der Waals surface area contributed by atoms with Gasteiger partial charge in [-0.2, -0.15) is 5.10 Å². The first kappa shape index (κ1) is 14.1. The van der Waals surface area contributed by atoms with Crippen LogP contribution in [0.3, 0.4) is 0 Å². The molecule has 5 nitrogen and oxygen atoms in total. The van der Waals surface area contributed by atoms with Crippen molar-refractivity contribution in [3.63, 3.8) is 0 Å². The fraction of sp³-hybridized carbons (Fsp3) is 0.714. The molecule has 2 rings (SSSR count). The molecule has 1 amide bonds. The number of hydrogen-bond donors (Lipinski definition) is 3. The van der Waals surface area contributed by atoms with E-state index in [1.54, 1.807) is 0 Å². The van der Waals surface area contributed by atoms with Gasteiger partial charge in [0.05, 0.1) is 18.7 Å². The number of hydrogen-bond acceptors (Lipinski definition) is 3. The molecular formula is C14H23N3O2. The zero-order valence-corrected chi connectivity index (χ0v) is 11.9. The highest BCUT2D eigenvalue weighted by molar-refractivity contribution is 5.79. The second-order valence-electron chi connectivity index (χ2n) is 5.91. The molecule has 106 valence electrons. The average molecular weight is 265 g/mol. The van der Waals surface area contributed by atoms with Crippen molar-refractivity contribution in [2.45, 2.75) is 52.5 Å². The van der Waals surface area contributed by atoms with E-state index in [1.165, 1.54) is 0 Å². The number of aromatic nitrogens is 2. The topological polar surface area (TPSA) is 78.0 Å². The van der Waals surface area contributed by atoms with E-state index < -0.39 is 0 Å². The number of aryl methyl sites for hydroxylation is 2. The monoisotopic (exact) mass is 265 g/mol. The number of carbonyl (C=O) groups excluding carboxylic acids is 1. The van der Waals surface area contributed by atoms with Crippen molar-refractivity contribution in [1.29, 1.82) is 0 Å². The van der Waals surface area contributed by atoms with E-state index in [-0.39, 0.29) is 24.0 Å². The van der Waals surface area contributed by atoms with Crippen LogP contribution in [0.25, 0.3) is 0 Å². The number of nitrogens with zero attached hydrogens (tertiary/aromatic N) is 1. The number of aromatic amines is 1. The molecule has 0 aromatic carbocycles. The summed E-state index contributed by atoms with van der Waals surface area (Å²) in [5.41, 5.74) is 2.63. The van der Waals surface area contributed by atoms with E-state index in [0.29, 0.717) is 6.42 Å². The SMILES string of the molecule is Cc1n[nH]c(C)c1CC(=O)N[C@@H]1CCC[C@@]1(C)CO. The van der Waals surface area contributed by atoms with Crippen LogP contribution in [0.15, 0.2) is 0 Å². The minimum Gasteiger partial charge on any atom is -0.396 e. The fourth-order valence-corrected chi connectivity index (χ4v) is 2.91. The van der Waals surface area contributed by atoms with Gasteiger partial charge in [-0.15, -0.1) is 0 Å². The van der Waals surface area contributed by atoms with Crippen molar-refractivity contribution in [2.24, 2.45) is 5.41 Å². The normalized spacial score (nSPS) is 26.6. The van der Waals surface area contributed by atoms with Gasteiger partial charge in [0.2, 0.25) is 5.91 Å². The first-order valence-electron chi connectivity index (χ1n) is 6.87. The van der Waals surface area contributed by atoms with E-state index in [0.717, 1.165) is 36.2 Å². The molecule has 5 heteroatoms. The van der Waals surface area contributed by atoms with Gasteiger partial charge in [-0.05, 0) is 26.7 Å². The van der Waals surface area contributed by atoms with E-state index in [4.69, 9.17) is 0 Å². The Kier molecular flexibility index (Phi) is 3.94. The summed E-state index contributed by atoms with van der Waals surface area (Å²) in [6, 6.07) is 0.0810. The fourth-order valence-electron chi connectivity index (χ4n) is 2.91. The van der Waals surface area contributed by atoms with Crippen LogP contribution in [0.4, 0.5) is 0 Å². The lowest BCUT2D eigenvalue weighted by Crippen LogP contribution is -2.45. The molecule has 1 aromatic rings. The molecule has 19 heavy (non-hydrogen) atoms. The molecule has 0 saturated heterocycles. The van der Waals surface area contributed by atoms with Gasteiger partial charge in [0, 0.05) is 22.7 Å². The minimum atomic E-state index is -0.170. The molecular weight excluding hydrogens is 242 g/mol. The standard InChI is InChI=1S/C14H23N3O2/c1-9-11(10(2)17-16-9)7-13(19)15-12-5-4-6-14(12,3)8-18/h12,18H,4-8H2,1-3H3,(H,15,19)(H,16,17)/t12-,14+/m1/s1. The molecule has 0 bridgehead atoms. The van der Waals surface area contributed by atoms with Gasteiger partial charge in [0.15, 0.2) is 0 Å². The van der Waals surface area contributed by atoms with E-state index in [1.807, 2.05) is 20.8 Å². The number of aliphatic hydroxyl groups excluding tert-OH is 1. The molecule has 2 atom stereocenters. The van der Waals surface area contributed by atoms with Crippen molar-refractivity contribution in [2.75, 3.05) is 6.61 Å². The molecule has 1 saturated carbocycles. The van der Waals surface area contributed by atoms with Crippen molar-refractivity contribution in [3.05, 3.63) is 17.0 Å². The number of nitrogens with one attached hydrogen (secondary N) is 2. The number of H-pyrrole nitrogens is 1. The van der Waals surface area contributed by atoms with Crippen molar-refractivity contribution in [3.8, 4) is 0 Å². The Balaban J connectivity index is 1.99. The van der Waals surface area contributed by atoms with Crippen molar-refractivity contribution < 1.29 is 9.90 Å². The van der Waals surface area contributed by atoms with Gasteiger partial charge >= 0.3 is 0 Å². The van der Waals surface area contributed by atoms with Crippen LogP contribution in [0, 0.1) is 19.3 Å². The summed E-state index contributed by atoms with van der Waals surface area (Å²) in [4.78, 5) is 12.1. The highest BCUT2D eigenvalue weighted by Gasteiger charge is 2.39. The van der Waals surface area contributed by atoms with Gasteiger partial charge in [-0.25, -0.2) is 0 Å². The number of rotatable bonds is 4. The average Bonchev–Trinajstić information content (AvgIpc) is 2.88. The Bertz CT molecular complexity index is 450. The summed E-state index contributed by atoms with van der Waals surface area (Å²) in [5, 5.41) is 19.6. The Morgan fingerprint density at radius 3 is 2.89 bits per heavy atom. The Labute approximate surface area is 113 Å². The molecule has 0 aliphatic heterocycles. The van der Waals surface area contributed by atoms with Crippen LogP contribution in [-0.2, 0) is 11.2 Å². The number of carbonyl (C=O) groups is 1. The largest absolute Gasteiger partial charge is 0.396 e. The summed E-state index contributed by atoms with van der Waals surface area (Å²) >= 11 is 0. The summed E-state index contributed by atoms with van der Waals surface area (Å²) in [6.45, 7) is 6.00. The maximum Gasteiger partial charge on any atom is 0.224 e. The van der Waals surface area contributed by atoms with E-state index in [9.17, 15) is 9.90 Å². The van der Waals surface area contributed by atoms with Crippen LogP contribution >= 0.6 is 0 Å². The molecule has 1 fully saturated rings. The molecule has 1 aliphatic rings. The third-order valence-electron chi connectivity index (χ3n) is 4.40. The summed E-state index contributed by atoms with van der Waals surface area (Å²) in [6.07, 6.45) is 3.34. The predicted octanol–water partition coefficient (Wildman–Crippen LogP) is 1.24. The molecule has 1 aromatic heterocycles. The lowest BCUT2D eigenvalue weighted by molar-refractivity contribution is -0.122.